The van der Waals surface area contributed by atoms with Gasteiger partial charge in [0.1, 0.15) is 5.82 Å². The van der Waals surface area contributed by atoms with Crippen LogP contribution < -0.4 is 15.4 Å². The third-order valence-electron chi connectivity index (χ3n) is 3.82. The second-order valence-electron chi connectivity index (χ2n) is 6.21. The molecular formula is C18H21N7O3S. The number of nitrogens with zero attached hydrogens (tertiary/aromatic N) is 4. The zero-order valence-corrected chi connectivity index (χ0v) is 16.8. The zero-order chi connectivity index (χ0) is 20.9. The normalized spacial score (nSPS) is 11.2. The van der Waals surface area contributed by atoms with Gasteiger partial charge in [0.05, 0.1) is 10.6 Å². The maximum absolute atomic E-state index is 12.3. The second-order valence-corrected chi connectivity index (χ2v) is 7.98. The summed E-state index contributed by atoms with van der Waals surface area (Å²) in [5, 5.41) is 18.0. The number of aromatic nitrogens is 4. The Bertz CT molecular complexity index is 1080. The summed E-state index contributed by atoms with van der Waals surface area (Å²) in [5.41, 5.74) is 1.41. The first-order chi connectivity index (χ1) is 13.8. The molecule has 0 unspecified atom stereocenters. The average Bonchev–Trinajstić information content (AvgIpc) is 3.12. The number of carbonyl (C=O) groups excluding carboxylic acids is 1. The van der Waals surface area contributed by atoms with Gasteiger partial charge >= 0.3 is 0 Å². The molecule has 0 spiro atoms. The molecule has 0 radical (unpaired) electrons. The van der Waals surface area contributed by atoms with E-state index in [0.29, 0.717) is 23.9 Å². The van der Waals surface area contributed by atoms with E-state index >= 15 is 0 Å². The van der Waals surface area contributed by atoms with Crippen molar-refractivity contribution in [3.8, 4) is 5.82 Å². The fourth-order valence-corrected chi connectivity index (χ4v) is 3.50. The molecule has 11 heteroatoms. The molecule has 1 amide bonds. The molecular weight excluding hydrogens is 394 g/mol. The van der Waals surface area contributed by atoms with Gasteiger partial charge in [-0.15, -0.1) is 10.2 Å². The summed E-state index contributed by atoms with van der Waals surface area (Å²) in [4.78, 5) is 11.1. The van der Waals surface area contributed by atoms with Crippen LogP contribution in [0.4, 0.5) is 11.5 Å². The van der Waals surface area contributed by atoms with E-state index in [2.05, 4.69) is 30.7 Å². The number of rotatable bonds is 8. The van der Waals surface area contributed by atoms with Crippen LogP contribution in [0.25, 0.3) is 5.82 Å². The number of amides is 1. The zero-order valence-electron chi connectivity index (χ0n) is 16.0. The molecule has 0 atom stereocenters. The van der Waals surface area contributed by atoms with Gasteiger partial charge in [-0.25, -0.2) is 17.8 Å². The van der Waals surface area contributed by atoms with Gasteiger partial charge in [-0.3, -0.25) is 4.79 Å². The summed E-state index contributed by atoms with van der Waals surface area (Å²) in [7, 11) is -3.65. The van der Waals surface area contributed by atoms with Crippen molar-refractivity contribution >= 4 is 27.4 Å². The Hall–Kier alpha value is -3.31. The number of aryl methyl sites for hydroxylation is 1. The molecule has 29 heavy (non-hydrogen) atoms. The lowest BCUT2D eigenvalue weighted by Gasteiger charge is -2.09. The largest absolute Gasteiger partial charge is 0.367 e. The van der Waals surface area contributed by atoms with Crippen molar-refractivity contribution in [3.05, 3.63) is 54.4 Å². The van der Waals surface area contributed by atoms with Gasteiger partial charge in [-0.05, 0) is 49.4 Å². The minimum atomic E-state index is -3.65. The van der Waals surface area contributed by atoms with Crippen molar-refractivity contribution < 1.29 is 13.2 Å². The van der Waals surface area contributed by atoms with Crippen molar-refractivity contribution in [1.29, 1.82) is 0 Å². The summed E-state index contributed by atoms with van der Waals surface area (Å²) >= 11 is 0. The maximum Gasteiger partial charge on any atom is 0.240 e. The summed E-state index contributed by atoms with van der Waals surface area (Å²) in [5.74, 6) is 0.893. The average molecular weight is 415 g/mol. The van der Waals surface area contributed by atoms with Crippen LogP contribution in [0.5, 0.6) is 0 Å². The van der Waals surface area contributed by atoms with Crippen LogP contribution in [0, 0.1) is 6.92 Å². The molecule has 0 saturated heterocycles. The predicted octanol–water partition coefficient (Wildman–Crippen LogP) is 1.32. The maximum atomic E-state index is 12.3. The van der Waals surface area contributed by atoms with Crippen LogP contribution in [0.1, 0.15) is 12.6 Å². The van der Waals surface area contributed by atoms with E-state index in [1.54, 1.807) is 23.0 Å². The topological polar surface area (TPSA) is 131 Å². The SMILES string of the molecule is CC(=O)Nc1ccc(S(=O)(=O)NCCNc2ccc(-n3ccc(C)n3)nn2)cc1. The molecule has 0 bridgehead atoms. The summed E-state index contributed by atoms with van der Waals surface area (Å²) in [6, 6.07) is 11.3. The molecule has 0 aliphatic heterocycles. The highest BCUT2D eigenvalue weighted by Gasteiger charge is 2.13. The predicted molar refractivity (Wildman–Crippen MR) is 108 cm³/mol. The highest BCUT2D eigenvalue weighted by atomic mass is 32.2. The fourth-order valence-electron chi connectivity index (χ4n) is 2.46. The molecule has 0 aliphatic carbocycles. The van der Waals surface area contributed by atoms with Crippen LogP contribution >= 0.6 is 0 Å². The lowest BCUT2D eigenvalue weighted by molar-refractivity contribution is -0.114. The molecule has 3 aromatic rings. The van der Waals surface area contributed by atoms with Crippen LogP contribution in [-0.2, 0) is 14.8 Å². The van der Waals surface area contributed by atoms with Gasteiger partial charge in [0, 0.05) is 31.9 Å². The molecule has 3 rings (SSSR count). The van der Waals surface area contributed by atoms with Crippen molar-refractivity contribution in [2.24, 2.45) is 0 Å². The first-order valence-corrected chi connectivity index (χ1v) is 10.3. The third-order valence-corrected chi connectivity index (χ3v) is 5.29. The number of nitrogens with one attached hydrogen (secondary N) is 3. The molecule has 10 nitrogen and oxygen atoms in total. The molecule has 152 valence electrons. The van der Waals surface area contributed by atoms with E-state index in [1.807, 2.05) is 13.0 Å². The lowest BCUT2D eigenvalue weighted by Crippen LogP contribution is -2.29. The number of sulfonamides is 1. The smallest absolute Gasteiger partial charge is 0.240 e. The second kappa shape index (κ2) is 8.80. The Kier molecular flexibility index (Phi) is 6.20. The lowest BCUT2D eigenvalue weighted by atomic mass is 10.3. The van der Waals surface area contributed by atoms with Crippen molar-refractivity contribution in [2.75, 3.05) is 23.7 Å². The Morgan fingerprint density at radius 2 is 1.79 bits per heavy atom. The molecule has 3 N–H and O–H groups in total. The van der Waals surface area contributed by atoms with Crippen molar-refractivity contribution in [2.45, 2.75) is 18.7 Å². The van der Waals surface area contributed by atoms with Gasteiger partial charge in [0.2, 0.25) is 15.9 Å². The molecule has 0 saturated carbocycles. The highest BCUT2D eigenvalue weighted by molar-refractivity contribution is 7.89. The minimum absolute atomic E-state index is 0.116. The fraction of sp³-hybridized carbons (Fsp3) is 0.222. The Morgan fingerprint density at radius 3 is 2.38 bits per heavy atom. The number of hydrogen-bond donors (Lipinski definition) is 3. The van der Waals surface area contributed by atoms with Gasteiger partial charge < -0.3 is 10.6 Å². The van der Waals surface area contributed by atoms with E-state index in [4.69, 9.17) is 0 Å². The Balaban J connectivity index is 1.49. The number of carbonyl (C=O) groups is 1. The van der Waals surface area contributed by atoms with Gasteiger partial charge in [0.15, 0.2) is 5.82 Å². The standard InChI is InChI=1S/C18H21N7O3S/c1-13-9-12-25(24-13)18-8-7-17(22-23-18)19-10-11-20-29(27,28)16-5-3-15(4-6-16)21-14(2)26/h3-9,12,20H,10-11H2,1-2H3,(H,19,22)(H,21,26). The van der Waals surface area contributed by atoms with Crippen LogP contribution in [-0.4, -0.2) is 47.4 Å². The quantitative estimate of drug-likeness (QED) is 0.473. The van der Waals surface area contributed by atoms with E-state index in [1.165, 1.54) is 31.2 Å². The number of anilines is 2. The van der Waals surface area contributed by atoms with E-state index in [0.717, 1.165) is 5.69 Å². The minimum Gasteiger partial charge on any atom is -0.367 e. The van der Waals surface area contributed by atoms with Crippen LogP contribution in [0.15, 0.2) is 53.6 Å². The molecule has 0 fully saturated rings. The van der Waals surface area contributed by atoms with Crippen molar-refractivity contribution in [1.82, 2.24) is 24.7 Å². The van der Waals surface area contributed by atoms with Crippen LogP contribution in [0.2, 0.25) is 0 Å². The molecule has 1 aromatic carbocycles. The first-order valence-electron chi connectivity index (χ1n) is 8.81. The van der Waals surface area contributed by atoms with E-state index in [-0.39, 0.29) is 17.3 Å². The summed E-state index contributed by atoms with van der Waals surface area (Å²) in [6.07, 6.45) is 1.80. The molecule has 0 aliphatic rings. The summed E-state index contributed by atoms with van der Waals surface area (Å²) in [6.45, 7) is 3.77. The number of benzene rings is 1. The van der Waals surface area contributed by atoms with Crippen molar-refractivity contribution in [3.63, 3.8) is 0 Å². The van der Waals surface area contributed by atoms with Gasteiger partial charge in [0.25, 0.3) is 0 Å². The number of hydrogen-bond acceptors (Lipinski definition) is 7. The Morgan fingerprint density at radius 1 is 1.03 bits per heavy atom. The molecule has 2 aromatic heterocycles. The van der Waals surface area contributed by atoms with E-state index < -0.39 is 10.0 Å². The first kappa shape index (κ1) is 20.4. The van der Waals surface area contributed by atoms with Gasteiger partial charge in [-0.2, -0.15) is 5.10 Å². The molecule has 2 heterocycles. The third kappa shape index (κ3) is 5.59. The van der Waals surface area contributed by atoms with Gasteiger partial charge in [-0.1, -0.05) is 0 Å². The van der Waals surface area contributed by atoms with E-state index in [9.17, 15) is 13.2 Å². The van der Waals surface area contributed by atoms with Crippen LogP contribution in [0.3, 0.4) is 0 Å². The Labute approximate surface area is 168 Å². The summed E-state index contributed by atoms with van der Waals surface area (Å²) < 4.78 is 28.8. The highest BCUT2D eigenvalue weighted by Crippen LogP contribution is 2.14. The monoisotopic (exact) mass is 415 g/mol.